The van der Waals surface area contributed by atoms with Gasteiger partial charge in [-0.2, -0.15) is 31.6 Å². The zero-order valence-electron chi connectivity index (χ0n) is 21.0. The molecule has 40 heavy (non-hydrogen) atoms. The van der Waals surface area contributed by atoms with Crippen LogP contribution in [-0.4, -0.2) is 23.0 Å². The number of piperidine rings is 1. The van der Waals surface area contributed by atoms with Crippen LogP contribution in [-0.2, 0) is 29.2 Å². The van der Waals surface area contributed by atoms with Crippen LogP contribution in [0.1, 0.15) is 51.9 Å². The van der Waals surface area contributed by atoms with E-state index >= 15 is 0 Å². The van der Waals surface area contributed by atoms with Gasteiger partial charge >= 0.3 is 18.3 Å². The van der Waals surface area contributed by atoms with Crippen LogP contribution in [0.3, 0.4) is 0 Å². The number of nitriles is 1. The second kappa shape index (κ2) is 10.3. The third kappa shape index (κ3) is 5.06. The van der Waals surface area contributed by atoms with Crippen molar-refractivity contribution in [2.24, 2.45) is 5.92 Å². The lowest BCUT2D eigenvalue weighted by atomic mass is 9.78. The van der Waals surface area contributed by atoms with Crippen molar-refractivity contribution in [1.29, 1.82) is 5.26 Å². The average molecular weight is 559 g/mol. The van der Waals surface area contributed by atoms with E-state index in [2.05, 4.69) is 11.0 Å². The van der Waals surface area contributed by atoms with Gasteiger partial charge in [0, 0.05) is 12.6 Å². The average Bonchev–Trinajstić information content (AvgIpc) is 3.14. The number of halogens is 6. The van der Waals surface area contributed by atoms with E-state index in [0.717, 1.165) is 11.1 Å². The third-order valence-corrected chi connectivity index (χ3v) is 7.87. The minimum atomic E-state index is -5.10. The monoisotopic (exact) mass is 558 g/mol. The van der Waals surface area contributed by atoms with Gasteiger partial charge in [-0.05, 0) is 48.6 Å². The first kappa shape index (κ1) is 27.7. The van der Waals surface area contributed by atoms with Crippen molar-refractivity contribution in [3.63, 3.8) is 0 Å². The molecular weight excluding hydrogens is 534 g/mol. The number of esters is 1. The van der Waals surface area contributed by atoms with Gasteiger partial charge in [-0.3, -0.25) is 4.90 Å². The van der Waals surface area contributed by atoms with Crippen LogP contribution in [0.2, 0.25) is 0 Å². The normalized spacial score (nSPS) is 24.9. The van der Waals surface area contributed by atoms with Gasteiger partial charge in [-0.1, -0.05) is 60.7 Å². The molecule has 2 aliphatic rings. The van der Waals surface area contributed by atoms with Crippen LogP contribution < -0.4 is 0 Å². The van der Waals surface area contributed by atoms with Crippen molar-refractivity contribution < 1.29 is 35.9 Å². The highest BCUT2D eigenvalue weighted by Gasteiger charge is 2.60. The second-order valence-electron chi connectivity index (χ2n) is 10.2. The van der Waals surface area contributed by atoms with Crippen molar-refractivity contribution >= 4 is 5.97 Å². The number of hydrogen-bond acceptors (Lipinski definition) is 4. The fourth-order valence-corrected chi connectivity index (χ4v) is 6.13. The van der Waals surface area contributed by atoms with E-state index in [1.807, 2.05) is 42.5 Å². The lowest BCUT2D eigenvalue weighted by Gasteiger charge is -2.49. The van der Waals surface area contributed by atoms with Gasteiger partial charge < -0.3 is 4.74 Å². The van der Waals surface area contributed by atoms with Gasteiger partial charge in [0.05, 0.1) is 34.2 Å². The molecule has 0 spiro atoms. The number of ether oxygens (including phenoxy) is 1. The maximum absolute atomic E-state index is 13.4. The van der Waals surface area contributed by atoms with E-state index in [1.165, 1.54) is 0 Å². The summed E-state index contributed by atoms with van der Waals surface area (Å²) in [5, 5.41) is 10.0. The highest BCUT2D eigenvalue weighted by molar-refractivity contribution is 5.90. The summed E-state index contributed by atoms with van der Waals surface area (Å²) in [7, 11) is 0. The number of fused-ring (bicyclic) bond motifs is 2. The molecule has 2 aliphatic heterocycles. The molecule has 0 amide bonds. The van der Waals surface area contributed by atoms with Crippen molar-refractivity contribution in [2.45, 2.75) is 55.8 Å². The Morgan fingerprint density at radius 1 is 0.900 bits per heavy atom. The molecule has 10 heteroatoms. The summed E-state index contributed by atoms with van der Waals surface area (Å²) in [5.41, 5.74) is -3.32. The Balaban J connectivity index is 1.57. The fourth-order valence-electron chi connectivity index (χ4n) is 6.13. The predicted octanol–water partition coefficient (Wildman–Crippen LogP) is 7.35. The molecule has 2 heterocycles. The maximum atomic E-state index is 13.4. The van der Waals surface area contributed by atoms with Crippen LogP contribution in [0.25, 0.3) is 0 Å². The SMILES string of the molecule is N#C[C@@H]1C[C@@]2(c3ccccc3)[C@H](OC(=O)c3cc(C(F)(F)F)cc(C(F)(F)F)c3)CC[C@@H]1N2Cc1ccccc1. The highest BCUT2D eigenvalue weighted by Crippen LogP contribution is 2.55. The minimum absolute atomic E-state index is 0.0243. The first-order valence-electron chi connectivity index (χ1n) is 12.7. The zero-order valence-corrected chi connectivity index (χ0v) is 21.0. The predicted molar refractivity (Wildman–Crippen MR) is 132 cm³/mol. The van der Waals surface area contributed by atoms with Crippen molar-refractivity contribution in [2.75, 3.05) is 0 Å². The van der Waals surface area contributed by atoms with Gasteiger partial charge in [-0.25, -0.2) is 4.79 Å². The lowest BCUT2D eigenvalue weighted by molar-refractivity contribution is -0.143. The highest BCUT2D eigenvalue weighted by atomic mass is 19.4. The van der Waals surface area contributed by atoms with Crippen LogP contribution in [0.4, 0.5) is 26.3 Å². The summed E-state index contributed by atoms with van der Waals surface area (Å²) in [6.07, 6.45) is -10.1. The quantitative estimate of drug-likeness (QED) is 0.243. The molecule has 0 unspecified atom stereocenters. The number of hydrogen-bond donors (Lipinski definition) is 0. The third-order valence-electron chi connectivity index (χ3n) is 7.87. The number of carbonyl (C=O) groups excluding carboxylic acids is 1. The number of carbonyl (C=O) groups is 1. The molecular formula is C30H24F6N2O2. The number of benzene rings is 3. The van der Waals surface area contributed by atoms with Crippen LogP contribution in [0, 0.1) is 17.2 Å². The van der Waals surface area contributed by atoms with E-state index in [-0.39, 0.29) is 12.1 Å². The number of nitrogens with zero attached hydrogens (tertiary/aromatic N) is 2. The number of rotatable bonds is 5. The van der Waals surface area contributed by atoms with E-state index in [9.17, 15) is 36.4 Å². The van der Waals surface area contributed by atoms with Crippen LogP contribution in [0.15, 0.2) is 78.9 Å². The zero-order chi connectivity index (χ0) is 28.7. The fraction of sp³-hybridized carbons (Fsp3) is 0.333. The summed E-state index contributed by atoms with van der Waals surface area (Å²) >= 11 is 0. The van der Waals surface area contributed by atoms with Gasteiger partial charge in [0.25, 0.3) is 0 Å². The van der Waals surface area contributed by atoms with Crippen LogP contribution in [0.5, 0.6) is 0 Å². The Bertz CT molecular complexity index is 1390. The Labute approximate surface area is 226 Å². The van der Waals surface area contributed by atoms with E-state index in [1.54, 1.807) is 18.2 Å². The van der Waals surface area contributed by atoms with Gasteiger partial charge in [0.1, 0.15) is 6.10 Å². The first-order chi connectivity index (χ1) is 18.9. The summed E-state index contributed by atoms with van der Waals surface area (Å²) < 4.78 is 86.5. The van der Waals surface area contributed by atoms with Crippen molar-refractivity contribution in [3.8, 4) is 6.07 Å². The Morgan fingerprint density at radius 3 is 2.02 bits per heavy atom. The van der Waals surface area contributed by atoms with E-state index in [0.29, 0.717) is 37.9 Å². The van der Waals surface area contributed by atoms with Gasteiger partial charge in [0.15, 0.2) is 0 Å². The molecule has 4 atom stereocenters. The first-order valence-corrected chi connectivity index (χ1v) is 12.7. The molecule has 0 saturated carbocycles. The largest absolute Gasteiger partial charge is 0.456 e. The molecule has 5 rings (SSSR count). The summed E-state index contributed by atoms with van der Waals surface area (Å²) in [4.78, 5) is 15.4. The molecule has 3 aromatic carbocycles. The number of alkyl halides is 6. The molecule has 208 valence electrons. The molecule has 0 radical (unpaired) electrons. The Kier molecular flexibility index (Phi) is 7.13. The molecule has 2 fully saturated rings. The summed E-state index contributed by atoms with van der Waals surface area (Å²) in [5.74, 6) is -1.70. The minimum Gasteiger partial charge on any atom is -0.456 e. The van der Waals surface area contributed by atoms with Crippen molar-refractivity contribution in [1.82, 2.24) is 4.90 Å². The molecule has 2 saturated heterocycles. The standard InChI is InChI=1S/C30H24F6N2O2/c31-29(32,33)23-13-20(14-24(15-23)30(34,35)36)27(39)40-26-12-11-25-21(17-37)16-28(26,22-9-5-2-6-10-22)38(25)18-19-7-3-1-4-8-19/h1-10,13-15,21,25-26H,11-12,16,18H2/t21-,25-,26+,28+/m0/s1. The van der Waals surface area contributed by atoms with E-state index in [4.69, 9.17) is 4.74 Å². The maximum Gasteiger partial charge on any atom is 0.416 e. The molecule has 2 bridgehead atoms. The second-order valence-corrected chi connectivity index (χ2v) is 10.2. The van der Waals surface area contributed by atoms with Crippen molar-refractivity contribution in [3.05, 3.63) is 107 Å². The summed E-state index contributed by atoms with van der Waals surface area (Å²) in [6, 6.07) is 21.5. The smallest absolute Gasteiger partial charge is 0.416 e. The molecule has 0 aliphatic carbocycles. The molecule has 4 nitrogen and oxygen atoms in total. The molecule has 3 aromatic rings. The summed E-state index contributed by atoms with van der Waals surface area (Å²) in [6.45, 7) is 0.411. The van der Waals surface area contributed by atoms with Gasteiger partial charge in [0.2, 0.25) is 0 Å². The Hall–Kier alpha value is -3.84. The van der Waals surface area contributed by atoms with Crippen LogP contribution >= 0.6 is 0 Å². The lowest BCUT2D eigenvalue weighted by Crippen LogP contribution is -2.57. The molecule has 0 N–H and O–H groups in total. The van der Waals surface area contributed by atoms with Gasteiger partial charge in [-0.15, -0.1) is 0 Å². The molecule has 0 aromatic heterocycles. The Morgan fingerprint density at radius 2 is 1.48 bits per heavy atom. The topological polar surface area (TPSA) is 53.3 Å². The van der Waals surface area contributed by atoms with E-state index < -0.39 is 52.6 Å².